The Kier molecular flexibility index (Phi) is 7.49. The lowest BCUT2D eigenvalue weighted by molar-refractivity contribution is -0.124. The standard InChI is InChI=1S/C23H22BrN3O6/c1-4-32-18-10-14(8-16-21(29)26-23(31)27-22(16)30)9-17(24)20(18)33-11-19(28)25-15-6-5-12(2)13(3)7-15/h5-10H,4,11H2,1-3H3,(H,25,28)(H2,26,27,29,30,31). The Morgan fingerprint density at radius 2 is 1.73 bits per heavy atom. The molecule has 0 aliphatic carbocycles. The van der Waals surface area contributed by atoms with Crippen LogP contribution in [0.2, 0.25) is 0 Å². The van der Waals surface area contributed by atoms with Crippen LogP contribution >= 0.6 is 15.9 Å². The van der Waals surface area contributed by atoms with Crippen LogP contribution in [-0.4, -0.2) is 37.0 Å². The molecule has 5 amide bonds. The molecule has 0 saturated carbocycles. The summed E-state index contributed by atoms with van der Waals surface area (Å²) in [7, 11) is 0. The number of nitrogens with one attached hydrogen (secondary N) is 3. The highest BCUT2D eigenvalue weighted by atomic mass is 79.9. The number of carbonyl (C=O) groups excluding carboxylic acids is 4. The van der Waals surface area contributed by atoms with E-state index in [0.717, 1.165) is 11.1 Å². The minimum Gasteiger partial charge on any atom is -0.490 e. The third-order valence-electron chi connectivity index (χ3n) is 4.72. The predicted octanol–water partition coefficient (Wildman–Crippen LogP) is 3.23. The maximum Gasteiger partial charge on any atom is 0.328 e. The van der Waals surface area contributed by atoms with Gasteiger partial charge < -0.3 is 14.8 Å². The summed E-state index contributed by atoms with van der Waals surface area (Å²) in [6.45, 7) is 5.78. The Balaban J connectivity index is 1.78. The number of amides is 5. The maximum atomic E-state index is 12.4. The van der Waals surface area contributed by atoms with Crippen molar-refractivity contribution >= 4 is 51.4 Å². The quantitative estimate of drug-likeness (QED) is 0.384. The average Bonchev–Trinajstić information content (AvgIpc) is 2.73. The zero-order valence-electron chi connectivity index (χ0n) is 18.2. The fraction of sp³-hybridized carbons (Fsp3) is 0.217. The SMILES string of the molecule is CCOc1cc(C=C2C(=O)NC(=O)NC2=O)cc(Br)c1OCC(=O)Nc1ccc(C)c(C)c1. The Hall–Kier alpha value is -3.66. The van der Waals surface area contributed by atoms with E-state index in [1.54, 1.807) is 19.1 Å². The molecule has 1 aliphatic rings. The van der Waals surface area contributed by atoms with Crippen molar-refractivity contribution < 1.29 is 28.7 Å². The third kappa shape index (κ3) is 5.98. The first-order valence-electron chi connectivity index (χ1n) is 10.0. The van der Waals surface area contributed by atoms with E-state index in [2.05, 4.69) is 21.2 Å². The average molecular weight is 516 g/mol. The van der Waals surface area contributed by atoms with Gasteiger partial charge in [0.25, 0.3) is 17.7 Å². The monoisotopic (exact) mass is 515 g/mol. The van der Waals surface area contributed by atoms with E-state index in [4.69, 9.17) is 9.47 Å². The largest absolute Gasteiger partial charge is 0.490 e. The van der Waals surface area contributed by atoms with Crippen molar-refractivity contribution in [3.8, 4) is 11.5 Å². The van der Waals surface area contributed by atoms with Gasteiger partial charge in [-0.25, -0.2) is 4.79 Å². The Morgan fingerprint density at radius 3 is 2.36 bits per heavy atom. The molecule has 0 unspecified atom stereocenters. The van der Waals surface area contributed by atoms with Crippen LogP contribution in [0.4, 0.5) is 10.5 Å². The molecule has 0 aromatic heterocycles. The van der Waals surface area contributed by atoms with Crippen LogP contribution in [0.5, 0.6) is 11.5 Å². The fourth-order valence-corrected chi connectivity index (χ4v) is 3.58. The van der Waals surface area contributed by atoms with Gasteiger partial charge in [-0.1, -0.05) is 6.07 Å². The van der Waals surface area contributed by atoms with Crippen LogP contribution in [0.3, 0.4) is 0 Å². The number of imide groups is 2. The lowest BCUT2D eigenvalue weighted by Crippen LogP contribution is -2.51. The molecule has 1 aliphatic heterocycles. The van der Waals surface area contributed by atoms with Gasteiger partial charge in [-0.2, -0.15) is 0 Å². The van der Waals surface area contributed by atoms with Crippen LogP contribution in [0, 0.1) is 13.8 Å². The Morgan fingerprint density at radius 1 is 1.03 bits per heavy atom. The van der Waals surface area contributed by atoms with Gasteiger partial charge in [-0.15, -0.1) is 0 Å². The predicted molar refractivity (Wildman–Crippen MR) is 125 cm³/mol. The minimum atomic E-state index is -0.874. The number of hydrogen-bond donors (Lipinski definition) is 3. The van der Waals surface area contributed by atoms with Crippen molar-refractivity contribution in [2.24, 2.45) is 0 Å². The molecule has 9 nitrogen and oxygen atoms in total. The minimum absolute atomic E-state index is 0.231. The van der Waals surface area contributed by atoms with E-state index in [1.807, 2.05) is 42.7 Å². The van der Waals surface area contributed by atoms with Crippen LogP contribution in [0.1, 0.15) is 23.6 Å². The molecule has 10 heteroatoms. The summed E-state index contributed by atoms with van der Waals surface area (Å²) in [6, 6.07) is 7.90. The molecule has 0 radical (unpaired) electrons. The summed E-state index contributed by atoms with van der Waals surface area (Å²) in [4.78, 5) is 47.6. The molecule has 1 heterocycles. The van der Waals surface area contributed by atoms with Crippen molar-refractivity contribution in [2.75, 3.05) is 18.5 Å². The molecule has 0 spiro atoms. The van der Waals surface area contributed by atoms with E-state index in [-0.39, 0.29) is 18.1 Å². The van der Waals surface area contributed by atoms with Crippen molar-refractivity contribution in [1.82, 2.24) is 10.6 Å². The van der Waals surface area contributed by atoms with Crippen LogP contribution < -0.4 is 25.4 Å². The molecule has 3 N–H and O–H groups in total. The van der Waals surface area contributed by atoms with E-state index < -0.39 is 17.8 Å². The summed E-state index contributed by atoms with van der Waals surface area (Å²) in [5.41, 5.74) is 3.07. The molecule has 2 aromatic carbocycles. The number of ether oxygens (including phenoxy) is 2. The first-order chi connectivity index (χ1) is 15.7. The zero-order chi connectivity index (χ0) is 24.1. The smallest absolute Gasteiger partial charge is 0.328 e. The van der Waals surface area contributed by atoms with Crippen molar-refractivity contribution in [3.63, 3.8) is 0 Å². The van der Waals surface area contributed by atoms with Gasteiger partial charge in [0.05, 0.1) is 11.1 Å². The lowest BCUT2D eigenvalue weighted by Gasteiger charge is -2.16. The molecule has 172 valence electrons. The molecular weight excluding hydrogens is 494 g/mol. The summed E-state index contributed by atoms with van der Waals surface area (Å²) in [5, 5.41) is 6.81. The number of aryl methyl sites for hydroxylation is 2. The number of carbonyl (C=O) groups is 4. The fourth-order valence-electron chi connectivity index (χ4n) is 3.00. The van der Waals surface area contributed by atoms with E-state index in [0.29, 0.717) is 33.8 Å². The molecule has 0 bridgehead atoms. The van der Waals surface area contributed by atoms with Gasteiger partial charge in [0.1, 0.15) is 5.57 Å². The van der Waals surface area contributed by atoms with Crippen molar-refractivity contribution in [2.45, 2.75) is 20.8 Å². The number of rotatable bonds is 7. The van der Waals surface area contributed by atoms with Gasteiger partial charge in [-0.05, 0) is 83.7 Å². The number of anilines is 1. The third-order valence-corrected chi connectivity index (χ3v) is 5.31. The molecule has 33 heavy (non-hydrogen) atoms. The number of urea groups is 1. The Bertz CT molecular complexity index is 1150. The highest BCUT2D eigenvalue weighted by molar-refractivity contribution is 9.10. The number of hydrogen-bond acceptors (Lipinski definition) is 6. The van der Waals surface area contributed by atoms with Gasteiger partial charge in [0.2, 0.25) is 0 Å². The maximum absolute atomic E-state index is 12.4. The van der Waals surface area contributed by atoms with E-state index >= 15 is 0 Å². The summed E-state index contributed by atoms with van der Waals surface area (Å²) < 4.78 is 11.8. The van der Waals surface area contributed by atoms with E-state index in [1.165, 1.54) is 6.08 Å². The second kappa shape index (κ2) is 10.3. The number of barbiturate groups is 1. The van der Waals surface area contributed by atoms with Gasteiger partial charge in [0, 0.05) is 5.69 Å². The normalized spacial score (nSPS) is 13.2. The van der Waals surface area contributed by atoms with Gasteiger partial charge >= 0.3 is 6.03 Å². The Labute approximate surface area is 198 Å². The van der Waals surface area contributed by atoms with Crippen molar-refractivity contribution in [1.29, 1.82) is 0 Å². The summed E-state index contributed by atoms with van der Waals surface area (Å²) >= 11 is 3.39. The molecule has 1 fully saturated rings. The number of benzene rings is 2. The van der Waals surface area contributed by atoms with Gasteiger partial charge in [0.15, 0.2) is 18.1 Å². The first-order valence-corrected chi connectivity index (χ1v) is 10.8. The molecule has 3 rings (SSSR count). The van der Waals surface area contributed by atoms with Crippen LogP contribution in [-0.2, 0) is 14.4 Å². The van der Waals surface area contributed by atoms with E-state index in [9.17, 15) is 19.2 Å². The van der Waals surface area contributed by atoms with Gasteiger partial charge in [-0.3, -0.25) is 25.0 Å². The number of halogens is 1. The molecule has 1 saturated heterocycles. The topological polar surface area (TPSA) is 123 Å². The summed E-state index contributed by atoms with van der Waals surface area (Å²) in [5.74, 6) is -1.35. The highest BCUT2D eigenvalue weighted by Crippen LogP contribution is 2.37. The van der Waals surface area contributed by atoms with Crippen molar-refractivity contribution in [3.05, 3.63) is 57.1 Å². The highest BCUT2D eigenvalue weighted by Gasteiger charge is 2.28. The zero-order valence-corrected chi connectivity index (χ0v) is 19.8. The first kappa shape index (κ1) is 24.0. The van der Waals surface area contributed by atoms with Crippen LogP contribution in [0.15, 0.2) is 40.4 Å². The molecule has 0 atom stereocenters. The lowest BCUT2D eigenvalue weighted by atomic mass is 10.1. The second-order valence-electron chi connectivity index (χ2n) is 7.19. The second-order valence-corrected chi connectivity index (χ2v) is 8.05. The molecular formula is C23H22BrN3O6. The summed E-state index contributed by atoms with van der Waals surface area (Å²) in [6.07, 6.45) is 1.32. The van der Waals surface area contributed by atoms with Crippen LogP contribution in [0.25, 0.3) is 6.08 Å². The molecule has 2 aromatic rings.